The molecule has 0 spiro atoms. The number of aromatic nitrogens is 1. The van der Waals surface area contributed by atoms with E-state index in [4.69, 9.17) is 15.2 Å². The number of benzene rings is 1. The quantitative estimate of drug-likeness (QED) is 0.461. The molecule has 6 nitrogen and oxygen atoms in total. The average Bonchev–Trinajstić information content (AvgIpc) is 2.69. The van der Waals surface area contributed by atoms with Crippen molar-refractivity contribution < 1.29 is 14.3 Å². The summed E-state index contributed by atoms with van der Waals surface area (Å²) >= 11 is 0. The van der Waals surface area contributed by atoms with Crippen molar-refractivity contribution in [3.63, 3.8) is 0 Å². The molecule has 0 bridgehead atoms. The van der Waals surface area contributed by atoms with E-state index >= 15 is 0 Å². The summed E-state index contributed by atoms with van der Waals surface area (Å²) in [6.45, 7) is 2.63. The fourth-order valence-electron chi connectivity index (χ4n) is 2.78. The molecule has 1 atom stereocenters. The van der Waals surface area contributed by atoms with E-state index in [-0.39, 0.29) is 5.97 Å². The van der Waals surface area contributed by atoms with Gasteiger partial charge in [-0.1, -0.05) is 50.1 Å². The van der Waals surface area contributed by atoms with Gasteiger partial charge in [-0.05, 0) is 24.8 Å². The average molecular weight is 371 g/mol. The first kappa shape index (κ1) is 20.6. The molecule has 1 aromatic heterocycles. The van der Waals surface area contributed by atoms with E-state index in [9.17, 15) is 4.79 Å². The lowest BCUT2D eigenvalue weighted by Crippen LogP contribution is -2.31. The van der Waals surface area contributed by atoms with Crippen molar-refractivity contribution >= 4 is 17.5 Å². The van der Waals surface area contributed by atoms with Crippen molar-refractivity contribution in [2.24, 2.45) is 0 Å². The number of unbranched alkanes of at least 4 members (excludes halogenated alkanes) is 1. The molecule has 0 radical (unpaired) electrons. The highest BCUT2D eigenvalue weighted by Crippen LogP contribution is 2.27. The number of carbonyl (C=O) groups excluding carboxylic acids is 1. The minimum Gasteiger partial charge on any atom is -0.490 e. The Labute approximate surface area is 161 Å². The number of rotatable bonds is 11. The highest BCUT2D eigenvalue weighted by molar-refractivity contribution is 5.80. The van der Waals surface area contributed by atoms with E-state index in [1.165, 1.54) is 12.7 Å². The van der Waals surface area contributed by atoms with Crippen molar-refractivity contribution in [2.75, 3.05) is 24.8 Å². The highest BCUT2D eigenvalue weighted by Gasteiger charge is 2.20. The Morgan fingerprint density at radius 2 is 2.04 bits per heavy atom. The van der Waals surface area contributed by atoms with Crippen LogP contribution >= 0.6 is 0 Å². The molecule has 0 unspecified atom stereocenters. The molecule has 2 aromatic rings. The Bertz CT molecular complexity index is 707. The van der Waals surface area contributed by atoms with E-state index in [0.717, 1.165) is 25.7 Å². The first-order valence-corrected chi connectivity index (χ1v) is 9.40. The number of methoxy groups -OCH3 is 1. The van der Waals surface area contributed by atoms with Crippen LogP contribution in [0.25, 0.3) is 0 Å². The zero-order chi connectivity index (χ0) is 19.5. The molecule has 6 heteroatoms. The summed E-state index contributed by atoms with van der Waals surface area (Å²) in [5, 5.41) is 3.21. The number of nitrogens with one attached hydrogen (secondary N) is 1. The standard InChI is InChI=1S/C21H29N3O3/c1-3-4-12-17(21(25)26-2)24-18-14-20(22)23-15-19(18)27-13-8-11-16-9-6-5-7-10-16/h5-7,9-10,14-15,17H,3-4,8,11-13H2,1-2H3,(H3,22,23,24)/t17-/m1/s1. The number of carbonyl (C=O) groups is 1. The smallest absolute Gasteiger partial charge is 0.328 e. The fraction of sp³-hybridized carbons (Fsp3) is 0.429. The summed E-state index contributed by atoms with van der Waals surface area (Å²) in [5.41, 5.74) is 7.76. The second kappa shape index (κ2) is 11.1. The lowest BCUT2D eigenvalue weighted by molar-refractivity contribution is -0.141. The van der Waals surface area contributed by atoms with Gasteiger partial charge in [-0.3, -0.25) is 0 Å². The normalized spacial score (nSPS) is 11.6. The van der Waals surface area contributed by atoms with E-state index in [2.05, 4.69) is 29.4 Å². The molecular formula is C21H29N3O3. The molecule has 0 aliphatic heterocycles. The predicted molar refractivity (Wildman–Crippen MR) is 108 cm³/mol. The third-order valence-corrected chi connectivity index (χ3v) is 4.26. The highest BCUT2D eigenvalue weighted by atomic mass is 16.5. The molecule has 0 aliphatic carbocycles. The number of hydrogen-bond donors (Lipinski definition) is 2. The van der Waals surface area contributed by atoms with E-state index in [1.807, 2.05) is 18.2 Å². The van der Waals surface area contributed by atoms with Gasteiger partial charge in [0, 0.05) is 6.07 Å². The molecular weight excluding hydrogens is 342 g/mol. The largest absolute Gasteiger partial charge is 0.490 e. The van der Waals surface area contributed by atoms with Gasteiger partial charge in [0.05, 0.1) is 25.6 Å². The minimum absolute atomic E-state index is 0.297. The third-order valence-electron chi connectivity index (χ3n) is 4.26. The number of esters is 1. The molecule has 1 aromatic carbocycles. The van der Waals surface area contributed by atoms with Crippen LogP contribution in [0.15, 0.2) is 42.6 Å². The van der Waals surface area contributed by atoms with Crippen LogP contribution in [0, 0.1) is 0 Å². The maximum absolute atomic E-state index is 12.1. The van der Waals surface area contributed by atoms with Crippen LogP contribution in [-0.2, 0) is 16.0 Å². The van der Waals surface area contributed by atoms with Gasteiger partial charge >= 0.3 is 5.97 Å². The summed E-state index contributed by atoms with van der Waals surface area (Å²) in [6, 6.07) is 11.5. The van der Waals surface area contributed by atoms with E-state index in [0.29, 0.717) is 30.3 Å². The number of anilines is 2. The van der Waals surface area contributed by atoms with E-state index in [1.54, 1.807) is 12.3 Å². The maximum Gasteiger partial charge on any atom is 0.328 e. The van der Waals surface area contributed by atoms with Gasteiger partial charge in [0.25, 0.3) is 0 Å². The first-order valence-electron chi connectivity index (χ1n) is 9.40. The topological polar surface area (TPSA) is 86.5 Å². The Hall–Kier alpha value is -2.76. The maximum atomic E-state index is 12.1. The van der Waals surface area contributed by atoms with Gasteiger partial charge in [0.2, 0.25) is 0 Å². The number of hydrogen-bond acceptors (Lipinski definition) is 6. The summed E-state index contributed by atoms with van der Waals surface area (Å²) in [4.78, 5) is 16.2. The Balaban J connectivity index is 1.98. The third kappa shape index (κ3) is 6.81. The number of pyridine rings is 1. The van der Waals surface area contributed by atoms with Gasteiger partial charge in [-0.2, -0.15) is 0 Å². The van der Waals surface area contributed by atoms with Crippen LogP contribution in [-0.4, -0.2) is 30.7 Å². The van der Waals surface area contributed by atoms with Gasteiger partial charge < -0.3 is 20.5 Å². The van der Waals surface area contributed by atoms with E-state index < -0.39 is 6.04 Å². The summed E-state index contributed by atoms with van der Waals surface area (Å²) in [6.07, 6.45) is 6.00. The number of ether oxygens (including phenoxy) is 2. The lowest BCUT2D eigenvalue weighted by Gasteiger charge is -2.20. The number of nitrogen functional groups attached to an aromatic ring is 1. The zero-order valence-corrected chi connectivity index (χ0v) is 16.1. The van der Waals surface area contributed by atoms with Crippen LogP contribution in [0.2, 0.25) is 0 Å². The molecule has 27 heavy (non-hydrogen) atoms. The monoisotopic (exact) mass is 371 g/mol. The van der Waals surface area contributed by atoms with Crippen LogP contribution < -0.4 is 15.8 Å². The molecule has 0 saturated carbocycles. The van der Waals surface area contributed by atoms with Crippen molar-refractivity contribution in [1.29, 1.82) is 0 Å². The molecule has 1 heterocycles. The molecule has 0 aliphatic rings. The van der Waals surface area contributed by atoms with Gasteiger partial charge in [-0.25, -0.2) is 9.78 Å². The summed E-state index contributed by atoms with van der Waals surface area (Å²) in [5.74, 6) is 0.657. The Kier molecular flexibility index (Phi) is 8.42. The molecule has 2 rings (SSSR count). The van der Waals surface area contributed by atoms with Gasteiger partial charge in [0.15, 0.2) is 5.75 Å². The van der Waals surface area contributed by atoms with Crippen LogP contribution in [0.1, 0.15) is 38.2 Å². The van der Waals surface area contributed by atoms with Crippen LogP contribution in [0.3, 0.4) is 0 Å². The fourth-order valence-corrected chi connectivity index (χ4v) is 2.78. The lowest BCUT2D eigenvalue weighted by atomic mass is 10.1. The second-order valence-corrected chi connectivity index (χ2v) is 6.41. The summed E-state index contributed by atoms with van der Waals surface area (Å²) < 4.78 is 10.8. The molecule has 0 fully saturated rings. The number of aryl methyl sites for hydroxylation is 1. The second-order valence-electron chi connectivity index (χ2n) is 6.41. The minimum atomic E-state index is -0.441. The molecule has 146 valence electrons. The van der Waals surface area contributed by atoms with Crippen LogP contribution in [0.4, 0.5) is 11.5 Å². The van der Waals surface area contributed by atoms with Gasteiger partial charge in [0.1, 0.15) is 11.9 Å². The van der Waals surface area contributed by atoms with Crippen molar-refractivity contribution in [3.8, 4) is 5.75 Å². The molecule has 3 N–H and O–H groups in total. The van der Waals surface area contributed by atoms with Crippen LogP contribution in [0.5, 0.6) is 5.75 Å². The van der Waals surface area contributed by atoms with Crippen molar-refractivity contribution in [3.05, 3.63) is 48.2 Å². The number of nitrogens with two attached hydrogens (primary N) is 1. The Morgan fingerprint density at radius 3 is 2.74 bits per heavy atom. The first-order chi connectivity index (χ1) is 13.1. The van der Waals surface area contributed by atoms with Crippen molar-refractivity contribution in [2.45, 2.75) is 45.1 Å². The van der Waals surface area contributed by atoms with Crippen molar-refractivity contribution in [1.82, 2.24) is 4.98 Å². The summed E-state index contributed by atoms with van der Waals surface area (Å²) in [7, 11) is 1.39. The zero-order valence-electron chi connectivity index (χ0n) is 16.1. The van der Waals surface area contributed by atoms with Gasteiger partial charge in [-0.15, -0.1) is 0 Å². The Morgan fingerprint density at radius 1 is 1.26 bits per heavy atom. The SMILES string of the molecule is CCCC[C@@H](Nc1cc(N)ncc1OCCCc1ccccc1)C(=O)OC. The number of nitrogens with zero attached hydrogens (tertiary/aromatic N) is 1. The molecule has 0 saturated heterocycles. The predicted octanol–water partition coefficient (Wildman–Crippen LogP) is 3.82. The molecule has 0 amide bonds.